The number of rotatable bonds is 2. The third kappa shape index (κ3) is 2.79. The zero-order chi connectivity index (χ0) is 12.4. The highest BCUT2D eigenvalue weighted by Gasteiger charge is 2.23. The highest BCUT2D eigenvalue weighted by atomic mass is 16.5. The van der Waals surface area contributed by atoms with Gasteiger partial charge >= 0.3 is 0 Å². The number of hydrogen-bond acceptors (Lipinski definition) is 3. The van der Waals surface area contributed by atoms with Crippen LogP contribution >= 0.6 is 0 Å². The van der Waals surface area contributed by atoms with Crippen LogP contribution in [0.25, 0.3) is 0 Å². The summed E-state index contributed by atoms with van der Waals surface area (Å²) in [6.45, 7) is 8.85. The fraction of sp³-hybridized carbons (Fsp3) is 0.571. The first-order valence-corrected chi connectivity index (χ1v) is 6.23. The number of benzene rings is 1. The van der Waals surface area contributed by atoms with Crippen LogP contribution in [-0.4, -0.2) is 35.8 Å². The second kappa shape index (κ2) is 5.07. The quantitative estimate of drug-likeness (QED) is 0.854. The van der Waals surface area contributed by atoms with Gasteiger partial charge in [-0.05, 0) is 32.4 Å². The third-order valence-corrected chi connectivity index (χ3v) is 3.46. The molecule has 3 heteroatoms. The van der Waals surface area contributed by atoms with Gasteiger partial charge in [0.1, 0.15) is 5.75 Å². The Morgan fingerprint density at radius 2 is 2.24 bits per heavy atom. The highest BCUT2D eigenvalue weighted by molar-refractivity contribution is 5.37. The van der Waals surface area contributed by atoms with Crippen molar-refractivity contribution in [2.75, 3.05) is 19.7 Å². The minimum atomic E-state index is 0.238. The second-order valence-electron chi connectivity index (χ2n) is 4.91. The van der Waals surface area contributed by atoms with Gasteiger partial charge in [-0.2, -0.15) is 0 Å². The van der Waals surface area contributed by atoms with Crippen molar-refractivity contribution in [1.29, 1.82) is 0 Å². The van der Waals surface area contributed by atoms with E-state index in [1.807, 2.05) is 19.1 Å². The van der Waals surface area contributed by atoms with Crippen LogP contribution in [0, 0.1) is 6.92 Å². The molecule has 2 atom stereocenters. The van der Waals surface area contributed by atoms with Crippen LogP contribution < -0.4 is 0 Å². The molecule has 0 spiro atoms. The third-order valence-electron chi connectivity index (χ3n) is 3.46. The number of morpholine rings is 1. The fourth-order valence-corrected chi connectivity index (χ4v) is 2.40. The molecule has 2 rings (SSSR count). The highest BCUT2D eigenvalue weighted by Crippen LogP contribution is 2.30. The molecule has 0 radical (unpaired) electrons. The minimum Gasteiger partial charge on any atom is -0.508 e. The molecule has 0 bridgehead atoms. The summed E-state index contributed by atoms with van der Waals surface area (Å²) in [6, 6.07) is 6.14. The zero-order valence-corrected chi connectivity index (χ0v) is 10.8. The molecule has 1 aromatic rings. The zero-order valence-electron chi connectivity index (χ0n) is 10.8. The lowest BCUT2D eigenvalue weighted by atomic mass is 10.0. The van der Waals surface area contributed by atoms with E-state index in [0.717, 1.165) is 30.8 Å². The first-order valence-electron chi connectivity index (χ1n) is 6.23. The maximum atomic E-state index is 10.0. The number of aromatic hydroxyl groups is 1. The molecule has 1 fully saturated rings. The summed E-state index contributed by atoms with van der Waals surface area (Å²) in [5, 5.41) is 10.0. The summed E-state index contributed by atoms with van der Waals surface area (Å²) in [4.78, 5) is 2.36. The molecule has 1 aliphatic rings. The fourth-order valence-electron chi connectivity index (χ4n) is 2.40. The van der Waals surface area contributed by atoms with Crippen molar-refractivity contribution >= 4 is 0 Å². The maximum Gasteiger partial charge on any atom is 0.120 e. The Bertz CT molecular complexity index is 392. The summed E-state index contributed by atoms with van der Waals surface area (Å²) < 4.78 is 5.54. The number of aryl methyl sites for hydroxylation is 1. The Kier molecular flexibility index (Phi) is 3.69. The summed E-state index contributed by atoms with van der Waals surface area (Å²) in [6.07, 6.45) is 0.277. The summed E-state index contributed by atoms with van der Waals surface area (Å²) in [5.41, 5.74) is 2.10. The van der Waals surface area contributed by atoms with Crippen LogP contribution in [0.4, 0.5) is 0 Å². The van der Waals surface area contributed by atoms with Crippen LogP contribution in [0.3, 0.4) is 0 Å². The van der Waals surface area contributed by atoms with Gasteiger partial charge in [-0.1, -0.05) is 12.1 Å². The molecule has 0 aliphatic carbocycles. The van der Waals surface area contributed by atoms with Gasteiger partial charge in [0, 0.05) is 24.7 Å². The minimum absolute atomic E-state index is 0.238. The molecule has 1 N–H and O–H groups in total. The van der Waals surface area contributed by atoms with Crippen molar-refractivity contribution in [1.82, 2.24) is 4.90 Å². The molecule has 1 heterocycles. The normalized spacial score (nSPS) is 23.6. The lowest BCUT2D eigenvalue weighted by molar-refractivity contribution is -0.0322. The van der Waals surface area contributed by atoms with Crippen molar-refractivity contribution in [2.45, 2.75) is 32.9 Å². The summed E-state index contributed by atoms with van der Waals surface area (Å²) in [5.74, 6) is 0.400. The van der Waals surface area contributed by atoms with Gasteiger partial charge in [-0.15, -0.1) is 0 Å². The maximum absolute atomic E-state index is 10.0. The molecule has 0 saturated carbocycles. The van der Waals surface area contributed by atoms with E-state index in [2.05, 4.69) is 24.8 Å². The van der Waals surface area contributed by atoms with E-state index < -0.39 is 0 Å². The smallest absolute Gasteiger partial charge is 0.120 e. The molecule has 0 amide bonds. The number of hydrogen-bond donors (Lipinski definition) is 1. The van der Waals surface area contributed by atoms with E-state index in [4.69, 9.17) is 4.74 Å². The van der Waals surface area contributed by atoms with E-state index in [9.17, 15) is 5.11 Å². The molecule has 17 heavy (non-hydrogen) atoms. The van der Waals surface area contributed by atoms with Crippen molar-refractivity contribution in [2.24, 2.45) is 0 Å². The first kappa shape index (κ1) is 12.4. The van der Waals surface area contributed by atoms with Gasteiger partial charge in [-0.3, -0.25) is 4.90 Å². The first-order chi connectivity index (χ1) is 8.08. The van der Waals surface area contributed by atoms with E-state index in [1.54, 1.807) is 0 Å². The Morgan fingerprint density at radius 3 is 2.88 bits per heavy atom. The summed E-state index contributed by atoms with van der Waals surface area (Å²) >= 11 is 0. The number of nitrogens with zero attached hydrogens (tertiary/aromatic N) is 1. The second-order valence-corrected chi connectivity index (χ2v) is 4.91. The van der Waals surface area contributed by atoms with Gasteiger partial charge in [0.25, 0.3) is 0 Å². The molecular weight excluding hydrogens is 214 g/mol. The van der Waals surface area contributed by atoms with Gasteiger partial charge in [-0.25, -0.2) is 0 Å². The lowest BCUT2D eigenvalue weighted by Crippen LogP contribution is -2.42. The van der Waals surface area contributed by atoms with Gasteiger partial charge < -0.3 is 9.84 Å². The molecular formula is C14H21NO2. The average molecular weight is 235 g/mol. The Labute approximate surface area is 103 Å². The van der Waals surface area contributed by atoms with E-state index in [1.165, 1.54) is 0 Å². The lowest BCUT2D eigenvalue weighted by Gasteiger charge is -2.36. The van der Waals surface area contributed by atoms with Crippen LogP contribution in [0.1, 0.15) is 31.0 Å². The Balaban J connectivity index is 2.15. The van der Waals surface area contributed by atoms with Crippen LogP contribution in [0.15, 0.2) is 18.2 Å². The Morgan fingerprint density at radius 1 is 1.47 bits per heavy atom. The molecule has 0 aromatic heterocycles. The molecule has 2 unspecified atom stereocenters. The van der Waals surface area contributed by atoms with Gasteiger partial charge in [0.05, 0.1) is 12.7 Å². The van der Waals surface area contributed by atoms with Gasteiger partial charge in [0.15, 0.2) is 0 Å². The molecule has 1 aliphatic heterocycles. The standard InChI is InChI=1S/C14H21NO2/c1-10-4-5-13(14(16)8-10)12(3)15-6-7-17-11(2)9-15/h4-5,8,11-12,16H,6-7,9H2,1-3H3. The molecule has 94 valence electrons. The van der Waals surface area contributed by atoms with E-state index in [-0.39, 0.29) is 12.1 Å². The largest absolute Gasteiger partial charge is 0.508 e. The Hall–Kier alpha value is -1.06. The van der Waals surface area contributed by atoms with E-state index >= 15 is 0 Å². The van der Waals surface area contributed by atoms with Crippen LogP contribution in [0.2, 0.25) is 0 Å². The topological polar surface area (TPSA) is 32.7 Å². The van der Waals surface area contributed by atoms with Crippen LogP contribution in [0.5, 0.6) is 5.75 Å². The number of ether oxygens (including phenoxy) is 1. The molecule has 1 saturated heterocycles. The SMILES string of the molecule is Cc1ccc(C(C)N2CCOC(C)C2)c(O)c1. The van der Waals surface area contributed by atoms with Crippen LogP contribution in [-0.2, 0) is 4.74 Å². The average Bonchev–Trinajstić information content (AvgIpc) is 2.28. The van der Waals surface area contributed by atoms with Crippen molar-refractivity contribution in [3.8, 4) is 5.75 Å². The van der Waals surface area contributed by atoms with Crippen molar-refractivity contribution in [3.05, 3.63) is 29.3 Å². The predicted molar refractivity (Wildman–Crippen MR) is 68.2 cm³/mol. The van der Waals surface area contributed by atoms with Crippen molar-refractivity contribution < 1.29 is 9.84 Å². The number of phenolic OH excluding ortho intramolecular Hbond substituents is 1. The molecule has 1 aromatic carbocycles. The number of phenols is 1. The monoisotopic (exact) mass is 235 g/mol. The predicted octanol–water partition coefficient (Wildman–Crippen LogP) is 2.48. The van der Waals surface area contributed by atoms with Gasteiger partial charge in [0.2, 0.25) is 0 Å². The van der Waals surface area contributed by atoms with E-state index in [0.29, 0.717) is 5.75 Å². The summed E-state index contributed by atoms with van der Waals surface area (Å²) in [7, 11) is 0. The van der Waals surface area contributed by atoms with Crippen molar-refractivity contribution in [3.63, 3.8) is 0 Å². The molecule has 3 nitrogen and oxygen atoms in total.